The van der Waals surface area contributed by atoms with Crippen molar-refractivity contribution in [2.24, 2.45) is 0 Å². The Morgan fingerprint density at radius 1 is 0.970 bits per heavy atom. The minimum absolute atomic E-state index is 0.322. The van der Waals surface area contributed by atoms with Gasteiger partial charge in [-0.15, -0.1) is 10.2 Å². The highest BCUT2D eigenvalue weighted by Gasteiger charge is 2.24. The van der Waals surface area contributed by atoms with Gasteiger partial charge in [0.15, 0.2) is 0 Å². The molecule has 3 aromatic carbocycles. The third-order valence-electron chi connectivity index (χ3n) is 4.75. The molecule has 0 aliphatic rings. The number of anilines is 1. The number of amides is 2. The summed E-state index contributed by atoms with van der Waals surface area (Å²) in [5.74, 6) is -0.733. The largest absolute Gasteiger partial charge is 0.340 e. The number of aromatic nitrogens is 2. The van der Waals surface area contributed by atoms with Crippen LogP contribution in [0.2, 0.25) is 5.02 Å². The second kappa shape index (κ2) is 10.7. The van der Waals surface area contributed by atoms with Crippen LogP contribution in [0.4, 0.5) is 5.13 Å². The van der Waals surface area contributed by atoms with Crippen molar-refractivity contribution in [1.82, 2.24) is 15.5 Å². The third kappa shape index (κ3) is 6.04. The van der Waals surface area contributed by atoms with Gasteiger partial charge in [0.25, 0.3) is 5.91 Å². The molecule has 0 saturated carbocycles. The van der Waals surface area contributed by atoms with Crippen LogP contribution in [0.15, 0.2) is 83.3 Å². The quantitative estimate of drug-likeness (QED) is 0.319. The van der Waals surface area contributed by atoms with Gasteiger partial charge in [-0.2, -0.15) is 0 Å². The number of hydrogen-bond acceptors (Lipinski definition) is 5. The number of halogens is 2. The Bertz CT molecular complexity index is 1280. The molecule has 0 aliphatic carbocycles. The van der Waals surface area contributed by atoms with Crippen LogP contribution in [-0.4, -0.2) is 28.1 Å². The minimum Gasteiger partial charge on any atom is -0.340 e. The summed E-state index contributed by atoms with van der Waals surface area (Å²) < 4.78 is 0.650. The van der Waals surface area contributed by atoms with Crippen LogP contribution in [0.5, 0.6) is 0 Å². The molecule has 0 saturated heterocycles. The molecule has 166 valence electrons. The Hall–Kier alpha value is -3.07. The first-order valence-corrected chi connectivity index (χ1v) is 12.0. The molecule has 1 atom stereocenters. The van der Waals surface area contributed by atoms with Crippen molar-refractivity contribution in [2.45, 2.75) is 12.5 Å². The summed E-state index contributed by atoms with van der Waals surface area (Å²) >= 11 is 10.7. The molecule has 0 bridgehead atoms. The zero-order chi connectivity index (χ0) is 23.2. The van der Waals surface area contributed by atoms with E-state index in [9.17, 15) is 9.59 Å². The molecular formula is C24H18BrClN4O2S. The molecule has 1 aromatic heterocycles. The fourth-order valence-corrected chi connectivity index (χ4v) is 4.54. The zero-order valence-electron chi connectivity index (χ0n) is 17.2. The Morgan fingerprint density at radius 2 is 1.73 bits per heavy atom. The normalized spacial score (nSPS) is 11.6. The van der Waals surface area contributed by atoms with Crippen molar-refractivity contribution >= 4 is 55.8 Å². The van der Waals surface area contributed by atoms with E-state index in [2.05, 4.69) is 36.8 Å². The topological polar surface area (TPSA) is 84.0 Å². The van der Waals surface area contributed by atoms with Gasteiger partial charge >= 0.3 is 0 Å². The smallest absolute Gasteiger partial charge is 0.253 e. The van der Waals surface area contributed by atoms with Gasteiger partial charge in [-0.3, -0.25) is 14.9 Å². The number of hydrogen-bond donors (Lipinski definition) is 2. The summed E-state index contributed by atoms with van der Waals surface area (Å²) in [5, 5.41) is 15.4. The Kier molecular flexibility index (Phi) is 7.49. The van der Waals surface area contributed by atoms with Gasteiger partial charge in [0, 0.05) is 21.5 Å². The van der Waals surface area contributed by atoms with Crippen molar-refractivity contribution < 1.29 is 9.59 Å². The summed E-state index contributed by atoms with van der Waals surface area (Å²) in [6.07, 6.45) is 0.322. The Balaban J connectivity index is 1.53. The summed E-state index contributed by atoms with van der Waals surface area (Å²) in [7, 11) is 0. The zero-order valence-corrected chi connectivity index (χ0v) is 20.3. The van der Waals surface area contributed by atoms with Crippen LogP contribution in [0.1, 0.15) is 15.9 Å². The Morgan fingerprint density at radius 3 is 2.48 bits per heavy atom. The van der Waals surface area contributed by atoms with E-state index in [-0.39, 0.29) is 11.8 Å². The first-order valence-electron chi connectivity index (χ1n) is 9.99. The van der Waals surface area contributed by atoms with Crippen LogP contribution in [0.25, 0.3) is 10.6 Å². The van der Waals surface area contributed by atoms with Crippen molar-refractivity contribution in [3.05, 3.63) is 99.5 Å². The van der Waals surface area contributed by atoms with Gasteiger partial charge < -0.3 is 5.32 Å². The fourth-order valence-electron chi connectivity index (χ4n) is 3.14. The van der Waals surface area contributed by atoms with E-state index in [0.29, 0.717) is 31.6 Å². The molecule has 4 aromatic rings. The van der Waals surface area contributed by atoms with Crippen LogP contribution in [0.3, 0.4) is 0 Å². The first kappa shape index (κ1) is 23.1. The maximum Gasteiger partial charge on any atom is 0.253 e. The Labute approximate surface area is 208 Å². The lowest BCUT2D eigenvalue weighted by molar-refractivity contribution is -0.118. The van der Waals surface area contributed by atoms with Crippen molar-refractivity contribution in [1.29, 1.82) is 0 Å². The lowest BCUT2D eigenvalue weighted by atomic mass is 10.0. The third-order valence-corrected chi connectivity index (χ3v) is 6.56. The fraction of sp³-hybridized carbons (Fsp3) is 0.0833. The number of nitrogens with zero attached hydrogens (tertiary/aromatic N) is 2. The maximum absolute atomic E-state index is 13.1. The highest BCUT2D eigenvalue weighted by molar-refractivity contribution is 9.10. The van der Waals surface area contributed by atoms with E-state index in [0.717, 1.165) is 11.1 Å². The average molecular weight is 542 g/mol. The van der Waals surface area contributed by atoms with E-state index < -0.39 is 6.04 Å². The first-order chi connectivity index (χ1) is 16.0. The molecule has 0 spiro atoms. The molecule has 6 nitrogen and oxygen atoms in total. The SMILES string of the molecule is O=C(N[C@@H](Cc1ccccc1)C(=O)Nc1nnc(-c2cccc(Cl)c2)s1)c1ccccc1Br. The lowest BCUT2D eigenvalue weighted by Crippen LogP contribution is -2.45. The van der Waals surface area contributed by atoms with Crippen LogP contribution in [-0.2, 0) is 11.2 Å². The number of carbonyl (C=O) groups is 2. The van der Waals surface area contributed by atoms with Crippen LogP contribution in [0, 0.1) is 0 Å². The van der Waals surface area contributed by atoms with Crippen LogP contribution >= 0.6 is 38.9 Å². The van der Waals surface area contributed by atoms with E-state index in [1.807, 2.05) is 48.5 Å². The van der Waals surface area contributed by atoms with Crippen molar-refractivity contribution in [3.63, 3.8) is 0 Å². The molecule has 9 heteroatoms. The minimum atomic E-state index is -0.814. The molecule has 0 radical (unpaired) electrons. The number of nitrogens with one attached hydrogen (secondary N) is 2. The molecule has 1 heterocycles. The lowest BCUT2D eigenvalue weighted by Gasteiger charge is -2.18. The summed E-state index contributed by atoms with van der Waals surface area (Å²) in [6.45, 7) is 0. The van der Waals surface area contributed by atoms with E-state index in [1.165, 1.54) is 11.3 Å². The van der Waals surface area contributed by atoms with Gasteiger partial charge in [-0.1, -0.05) is 77.5 Å². The summed E-state index contributed by atoms with van der Waals surface area (Å²) in [4.78, 5) is 26.0. The molecule has 2 N–H and O–H groups in total. The van der Waals surface area contributed by atoms with Gasteiger partial charge in [-0.25, -0.2) is 0 Å². The van der Waals surface area contributed by atoms with Gasteiger partial charge in [0.1, 0.15) is 11.0 Å². The molecule has 0 unspecified atom stereocenters. The van der Waals surface area contributed by atoms with E-state index >= 15 is 0 Å². The number of carbonyl (C=O) groups excluding carboxylic acids is 2. The highest BCUT2D eigenvalue weighted by Crippen LogP contribution is 2.28. The van der Waals surface area contributed by atoms with Gasteiger partial charge in [0.2, 0.25) is 11.0 Å². The van der Waals surface area contributed by atoms with Gasteiger partial charge in [-0.05, 0) is 45.8 Å². The predicted octanol–water partition coefficient (Wildman–Crippen LogP) is 5.60. The highest BCUT2D eigenvalue weighted by atomic mass is 79.9. The standard InChI is InChI=1S/C24H18BrClN4O2S/c25-19-12-5-4-11-18(19)21(31)27-20(13-15-7-2-1-3-8-15)22(32)28-24-30-29-23(33-24)16-9-6-10-17(26)14-16/h1-12,14,20H,13H2,(H,27,31)(H,28,30,32)/t20-/m0/s1. The molecule has 0 aliphatic heterocycles. The molecule has 4 rings (SSSR count). The molecular weight excluding hydrogens is 524 g/mol. The maximum atomic E-state index is 13.1. The number of benzene rings is 3. The summed E-state index contributed by atoms with van der Waals surface area (Å²) in [6, 6.07) is 23.0. The second-order valence-electron chi connectivity index (χ2n) is 7.11. The molecule has 33 heavy (non-hydrogen) atoms. The van der Waals surface area contributed by atoms with E-state index in [4.69, 9.17) is 11.6 Å². The van der Waals surface area contributed by atoms with E-state index in [1.54, 1.807) is 30.3 Å². The van der Waals surface area contributed by atoms with Crippen LogP contribution < -0.4 is 10.6 Å². The van der Waals surface area contributed by atoms with Crippen molar-refractivity contribution in [2.75, 3.05) is 5.32 Å². The molecule has 2 amide bonds. The van der Waals surface area contributed by atoms with Gasteiger partial charge in [0.05, 0.1) is 5.56 Å². The average Bonchev–Trinajstić information content (AvgIpc) is 3.28. The second-order valence-corrected chi connectivity index (χ2v) is 9.38. The summed E-state index contributed by atoms with van der Waals surface area (Å²) in [5.41, 5.74) is 2.17. The predicted molar refractivity (Wildman–Crippen MR) is 135 cm³/mol. The molecule has 0 fully saturated rings. The number of rotatable bonds is 7. The monoisotopic (exact) mass is 540 g/mol. The van der Waals surface area contributed by atoms with Crippen molar-refractivity contribution in [3.8, 4) is 10.6 Å².